The van der Waals surface area contributed by atoms with Crippen LogP contribution in [0.3, 0.4) is 0 Å². The molecule has 0 atom stereocenters. The lowest BCUT2D eigenvalue weighted by molar-refractivity contribution is 0.112. The van der Waals surface area contributed by atoms with Crippen molar-refractivity contribution in [3.05, 3.63) is 53.6 Å². The molecule has 0 saturated carbocycles. The van der Waals surface area contributed by atoms with E-state index in [0.717, 1.165) is 56.3 Å². The first kappa shape index (κ1) is 20.4. The third-order valence-corrected chi connectivity index (χ3v) is 5.53. The number of hydrogen-bond acceptors (Lipinski definition) is 6. The average Bonchev–Trinajstić information content (AvgIpc) is 2.77. The van der Waals surface area contributed by atoms with Crippen LogP contribution in [0.25, 0.3) is 22.2 Å². The van der Waals surface area contributed by atoms with E-state index in [1.165, 1.54) is 6.07 Å². The number of aldehydes is 1. The second kappa shape index (κ2) is 8.85. The summed E-state index contributed by atoms with van der Waals surface area (Å²) < 4.78 is 15.1. The number of aryl methyl sites for hydroxylation is 1. The van der Waals surface area contributed by atoms with Crippen LogP contribution >= 0.6 is 0 Å². The molecule has 0 bridgehead atoms. The van der Waals surface area contributed by atoms with E-state index in [4.69, 9.17) is 5.11 Å². The van der Waals surface area contributed by atoms with Crippen molar-refractivity contribution in [3.8, 4) is 11.3 Å². The monoisotopic (exact) mass is 408 g/mol. The van der Waals surface area contributed by atoms with Gasteiger partial charge in [0.25, 0.3) is 0 Å². The number of aromatic nitrogens is 2. The molecule has 0 amide bonds. The van der Waals surface area contributed by atoms with E-state index in [2.05, 4.69) is 19.8 Å². The van der Waals surface area contributed by atoms with E-state index in [0.29, 0.717) is 28.3 Å². The number of aliphatic hydroxyl groups excluding tert-OH is 1. The van der Waals surface area contributed by atoms with Gasteiger partial charge < -0.3 is 10.0 Å². The third kappa shape index (κ3) is 4.17. The number of benzene rings is 2. The summed E-state index contributed by atoms with van der Waals surface area (Å²) >= 11 is 0. The number of halogens is 1. The van der Waals surface area contributed by atoms with E-state index in [9.17, 15) is 4.79 Å². The summed E-state index contributed by atoms with van der Waals surface area (Å²) in [5, 5.41) is 9.71. The number of hydrogen-bond donors (Lipinski definition) is 1. The molecule has 1 aromatic heterocycles. The zero-order valence-corrected chi connectivity index (χ0v) is 17.0. The van der Waals surface area contributed by atoms with Gasteiger partial charge in [0, 0.05) is 55.8 Å². The smallest absolute Gasteiger partial charge is 0.150 e. The lowest BCUT2D eigenvalue weighted by Gasteiger charge is -2.36. The molecule has 1 aliphatic heterocycles. The van der Waals surface area contributed by atoms with Gasteiger partial charge in [0.2, 0.25) is 0 Å². The molecule has 0 spiro atoms. The Morgan fingerprint density at radius 2 is 1.90 bits per heavy atom. The third-order valence-electron chi connectivity index (χ3n) is 5.53. The van der Waals surface area contributed by atoms with Crippen molar-refractivity contribution in [1.29, 1.82) is 0 Å². The SMILES string of the molecule is Cc1nc(-c2ccc(N3CCN(CCCO)CC3)c(F)c2)c2cc(C=O)ccc2n1. The van der Waals surface area contributed by atoms with Crippen molar-refractivity contribution in [2.75, 3.05) is 44.2 Å². The number of fused-ring (bicyclic) bond motifs is 1. The maximum Gasteiger partial charge on any atom is 0.150 e. The summed E-state index contributed by atoms with van der Waals surface area (Å²) in [6.45, 7) is 6.07. The molecule has 0 radical (unpaired) electrons. The van der Waals surface area contributed by atoms with Gasteiger partial charge in [-0.25, -0.2) is 14.4 Å². The van der Waals surface area contributed by atoms with Crippen LogP contribution in [0, 0.1) is 12.7 Å². The summed E-state index contributed by atoms with van der Waals surface area (Å²) in [4.78, 5) is 24.5. The number of piperazine rings is 1. The number of carbonyl (C=O) groups is 1. The number of anilines is 1. The number of aliphatic hydroxyl groups is 1. The van der Waals surface area contributed by atoms with E-state index in [-0.39, 0.29) is 12.4 Å². The number of carbonyl (C=O) groups excluding carboxylic acids is 1. The fraction of sp³-hybridized carbons (Fsp3) is 0.348. The Morgan fingerprint density at radius 1 is 1.10 bits per heavy atom. The van der Waals surface area contributed by atoms with Crippen molar-refractivity contribution in [2.45, 2.75) is 13.3 Å². The van der Waals surface area contributed by atoms with E-state index in [1.54, 1.807) is 31.2 Å². The zero-order valence-electron chi connectivity index (χ0n) is 17.0. The van der Waals surface area contributed by atoms with Crippen LogP contribution in [0.2, 0.25) is 0 Å². The van der Waals surface area contributed by atoms with Crippen LogP contribution in [-0.2, 0) is 0 Å². The highest BCUT2D eigenvalue weighted by Gasteiger charge is 2.20. The molecule has 1 N–H and O–H groups in total. The molecule has 2 heterocycles. The van der Waals surface area contributed by atoms with Crippen LogP contribution < -0.4 is 4.90 Å². The molecule has 1 saturated heterocycles. The molecule has 4 rings (SSSR count). The lowest BCUT2D eigenvalue weighted by Crippen LogP contribution is -2.47. The summed E-state index contributed by atoms with van der Waals surface area (Å²) in [7, 11) is 0. The summed E-state index contributed by atoms with van der Waals surface area (Å²) in [6, 6.07) is 10.5. The minimum Gasteiger partial charge on any atom is -0.396 e. The molecule has 0 unspecified atom stereocenters. The van der Waals surface area contributed by atoms with Crippen LogP contribution in [0.1, 0.15) is 22.6 Å². The van der Waals surface area contributed by atoms with Crippen LogP contribution in [-0.4, -0.2) is 65.6 Å². The summed E-state index contributed by atoms with van der Waals surface area (Å²) in [5.41, 5.74) is 3.14. The fourth-order valence-electron chi connectivity index (χ4n) is 3.97. The second-order valence-electron chi connectivity index (χ2n) is 7.59. The highest BCUT2D eigenvalue weighted by Crippen LogP contribution is 2.31. The molecule has 3 aromatic rings. The van der Waals surface area contributed by atoms with Crippen molar-refractivity contribution in [3.63, 3.8) is 0 Å². The van der Waals surface area contributed by atoms with Gasteiger partial charge in [-0.2, -0.15) is 0 Å². The minimum atomic E-state index is -0.285. The van der Waals surface area contributed by atoms with Gasteiger partial charge >= 0.3 is 0 Å². The summed E-state index contributed by atoms with van der Waals surface area (Å²) in [5.74, 6) is 0.312. The number of nitrogens with zero attached hydrogens (tertiary/aromatic N) is 4. The molecule has 2 aromatic carbocycles. The second-order valence-corrected chi connectivity index (χ2v) is 7.59. The Bertz CT molecular complexity index is 1060. The molecule has 0 aliphatic carbocycles. The predicted molar refractivity (Wildman–Crippen MR) is 115 cm³/mol. The average molecular weight is 408 g/mol. The van der Waals surface area contributed by atoms with Gasteiger partial charge in [-0.05, 0) is 43.7 Å². The summed E-state index contributed by atoms with van der Waals surface area (Å²) in [6.07, 6.45) is 1.55. The fourth-order valence-corrected chi connectivity index (χ4v) is 3.97. The van der Waals surface area contributed by atoms with Crippen LogP contribution in [0.5, 0.6) is 0 Å². The Kier molecular flexibility index (Phi) is 6.01. The van der Waals surface area contributed by atoms with Gasteiger partial charge in [-0.15, -0.1) is 0 Å². The Morgan fingerprint density at radius 3 is 2.60 bits per heavy atom. The highest BCUT2D eigenvalue weighted by atomic mass is 19.1. The van der Waals surface area contributed by atoms with Gasteiger partial charge in [-0.1, -0.05) is 6.07 Å². The van der Waals surface area contributed by atoms with Crippen molar-refractivity contribution in [1.82, 2.24) is 14.9 Å². The molecule has 1 aliphatic rings. The molecule has 30 heavy (non-hydrogen) atoms. The first-order valence-electron chi connectivity index (χ1n) is 10.2. The van der Waals surface area contributed by atoms with Gasteiger partial charge in [-0.3, -0.25) is 9.69 Å². The minimum absolute atomic E-state index is 0.196. The normalized spacial score (nSPS) is 15.0. The first-order chi connectivity index (χ1) is 14.6. The first-order valence-corrected chi connectivity index (χ1v) is 10.2. The van der Waals surface area contributed by atoms with E-state index in [1.807, 2.05) is 6.07 Å². The number of rotatable bonds is 6. The maximum atomic E-state index is 15.1. The van der Waals surface area contributed by atoms with Crippen LogP contribution in [0.4, 0.5) is 10.1 Å². The Hall–Kier alpha value is -2.90. The van der Waals surface area contributed by atoms with Crippen molar-refractivity contribution >= 4 is 22.9 Å². The Labute approximate surface area is 175 Å². The standard InChI is InChI=1S/C23H25FN4O2/c1-16-25-21-5-3-17(15-30)13-19(21)23(26-16)18-4-6-22(20(24)14-18)28-10-8-27(9-11-28)7-2-12-29/h3-6,13-15,29H,2,7-12H2,1H3. The molecular weight excluding hydrogens is 383 g/mol. The maximum absolute atomic E-state index is 15.1. The molecule has 6 nitrogen and oxygen atoms in total. The Balaban J connectivity index is 1.62. The quantitative estimate of drug-likeness (QED) is 0.633. The van der Waals surface area contributed by atoms with Crippen LogP contribution in [0.15, 0.2) is 36.4 Å². The lowest BCUT2D eigenvalue weighted by atomic mass is 10.0. The van der Waals surface area contributed by atoms with Crippen molar-refractivity contribution < 1.29 is 14.3 Å². The topological polar surface area (TPSA) is 69.6 Å². The molecular formula is C23H25FN4O2. The highest BCUT2D eigenvalue weighted by molar-refractivity contribution is 5.95. The van der Waals surface area contributed by atoms with E-state index < -0.39 is 0 Å². The molecule has 1 fully saturated rings. The molecule has 7 heteroatoms. The van der Waals surface area contributed by atoms with Gasteiger partial charge in [0.15, 0.2) is 0 Å². The van der Waals surface area contributed by atoms with Crippen molar-refractivity contribution in [2.24, 2.45) is 0 Å². The zero-order chi connectivity index (χ0) is 21.1. The largest absolute Gasteiger partial charge is 0.396 e. The van der Waals surface area contributed by atoms with Gasteiger partial charge in [0.05, 0.1) is 16.9 Å². The van der Waals surface area contributed by atoms with E-state index >= 15 is 4.39 Å². The van der Waals surface area contributed by atoms with Gasteiger partial charge in [0.1, 0.15) is 17.9 Å². The molecule has 156 valence electrons. The predicted octanol–water partition coefficient (Wildman–Crippen LogP) is 3.06.